The minimum Gasteiger partial charge on any atom is -0.347 e. The molecule has 1 N–H and O–H groups in total. The van der Waals surface area contributed by atoms with Gasteiger partial charge in [0.2, 0.25) is 0 Å². The zero-order valence-corrected chi connectivity index (χ0v) is 6.81. The van der Waals surface area contributed by atoms with Crippen LogP contribution in [0.2, 0.25) is 0 Å². The molecule has 0 aliphatic heterocycles. The Morgan fingerprint density at radius 2 is 2.10 bits per heavy atom. The summed E-state index contributed by atoms with van der Waals surface area (Å²) >= 11 is 0. The van der Waals surface area contributed by atoms with Gasteiger partial charge in [-0.1, -0.05) is 12.2 Å². The Kier molecular flexibility index (Phi) is 4.29. The number of hydrogen-bond acceptors (Lipinski definition) is 1. The van der Waals surface area contributed by atoms with Gasteiger partial charge in [-0.2, -0.15) is 0 Å². The standard InChI is InChI=1S/C8H14N2/c1-5-8(7(2)3)10-6-9-4/h5-6H,1H2,2-4H3,(H,9,10). The van der Waals surface area contributed by atoms with Crippen LogP contribution in [0, 0.1) is 0 Å². The molecule has 2 nitrogen and oxygen atoms in total. The van der Waals surface area contributed by atoms with Crippen molar-refractivity contribution in [2.75, 3.05) is 7.05 Å². The Balaban J connectivity index is 4.10. The molecule has 0 saturated heterocycles. The van der Waals surface area contributed by atoms with Crippen LogP contribution in [0.5, 0.6) is 0 Å². The van der Waals surface area contributed by atoms with Crippen molar-refractivity contribution in [1.82, 2.24) is 5.32 Å². The monoisotopic (exact) mass is 138 g/mol. The number of nitrogens with one attached hydrogen (secondary N) is 1. The second-order valence-electron chi connectivity index (χ2n) is 2.15. The third-order valence-corrected chi connectivity index (χ3v) is 1.09. The van der Waals surface area contributed by atoms with Gasteiger partial charge in [-0.25, -0.2) is 0 Å². The van der Waals surface area contributed by atoms with Gasteiger partial charge in [0.25, 0.3) is 0 Å². The van der Waals surface area contributed by atoms with Gasteiger partial charge in [-0.3, -0.25) is 4.99 Å². The van der Waals surface area contributed by atoms with E-state index in [-0.39, 0.29) is 0 Å². The maximum absolute atomic E-state index is 3.79. The largest absolute Gasteiger partial charge is 0.347 e. The Hall–Kier alpha value is -1.05. The van der Waals surface area contributed by atoms with Gasteiger partial charge in [0, 0.05) is 12.7 Å². The summed E-state index contributed by atoms with van der Waals surface area (Å²) in [6.07, 6.45) is 3.42. The molecule has 0 saturated carbocycles. The highest BCUT2D eigenvalue weighted by Crippen LogP contribution is 1.97. The molecule has 0 atom stereocenters. The van der Waals surface area contributed by atoms with Crippen LogP contribution in [-0.2, 0) is 0 Å². The minimum atomic E-state index is 1.02. The zero-order chi connectivity index (χ0) is 7.98. The number of hydrogen-bond donors (Lipinski definition) is 1. The quantitative estimate of drug-likeness (QED) is 0.358. The van der Waals surface area contributed by atoms with Crippen LogP contribution in [0.25, 0.3) is 0 Å². The Labute approximate surface area is 62.4 Å². The third kappa shape index (κ3) is 3.07. The fraction of sp³-hybridized carbons (Fsp3) is 0.375. The molecule has 56 valence electrons. The van der Waals surface area contributed by atoms with Crippen molar-refractivity contribution < 1.29 is 0 Å². The molecule has 0 rings (SSSR count). The summed E-state index contributed by atoms with van der Waals surface area (Å²) in [5, 5.41) is 2.99. The van der Waals surface area contributed by atoms with E-state index in [2.05, 4.69) is 16.9 Å². The lowest BCUT2D eigenvalue weighted by atomic mass is 10.2. The molecule has 0 radical (unpaired) electrons. The van der Waals surface area contributed by atoms with Crippen molar-refractivity contribution in [2.45, 2.75) is 13.8 Å². The topological polar surface area (TPSA) is 24.4 Å². The first-order chi connectivity index (χ1) is 4.72. The lowest BCUT2D eigenvalue weighted by Gasteiger charge is -2.01. The summed E-state index contributed by atoms with van der Waals surface area (Å²) in [7, 11) is 1.72. The SMILES string of the molecule is C=CC(NC=NC)=C(C)C. The lowest BCUT2D eigenvalue weighted by molar-refractivity contribution is 1.13. The number of rotatable bonds is 3. The molecule has 0 fully saturated rings. The molecule has 2 heteroatoms. The third-order valence-electron chi connectivity index (χ3n) is 1.09. The molecule has 10 heavy (non-hydrogen) atoms. The molecular weight excluding hydrogens is 124 g/mol. The first-order valence-electron chi connectivity index (χ1n) is 3.19. The van der Waals surface area contributed by atoms with Gasteiger partial charge in [-0.05, 0) is 19.9 Å². The summed E-state index contributed by atoms with van der Waals surface area (Å²) in [6, 6.07) is 0. The first-order valence-corrected chi connectivity index (χ1v) is 3.19. The molecule has 0 aromatic heterocycles. The van der Waals surface area contributed by atoms with Crippen molar-refractivity contribution in [1.29, 1.82) is 0 Å². The molecule has 0 aromatic carbocycles. The molecule has 0 unspecified atom stereocenters. The van der Waals surface area contributed by atoms with Crippen molar-refractivity contribution >= 4 is 6.34 Å². The summed E-state index contributed by atoms with van der Waals surface area (Å²) in [6.45, 7) is 7.70. The average molecular weight is 138 g/mol. The van der Waals surface area contributed by atoms with Crippen LogP contribution < -0.4 is 5.32 Å². The van der Waals surface area contributed by atoms with Crippen molar-refractivity contribution in [3.05, 3.63) is 23.9 Å². The minimum absolute atomic E-state index is 1.02. The fourth-order valence-corrected chi connectivity index (χ4v) is 0.541. The van der Waals surface area contributed by atoms with Crippen LogP contribution >= 0.6 is 0 Å². The van der Waals surface area contributed by atoms with Gasteiger partial charge in [0.15, 0.2) is 0 Å². The molecule has 0 bridgehead atoms. The summed E-state index contributed by atoms with van der Waals surface area (Å²) in [4.78, 5) is 3.79. The van der Waals surface area contributed by atoms with Crippen LogP contribution in [0.4, 0.5) is 0 Å². The number of nitrogens with zero attached hydrogens (tertiary/aromatic N) is 1. The van der Waals surface area contributed by atoms with E-state index in [1.807, 2.05) is 13.8 Å². The average Bonchev–Trinajstić information content (AvgIpc) is 1.89. The van der Waals surface area contributed by atoms with E-state index in [0.29, 0.717) is 0 Å². The van der Waals surface area contributed by atoms with Gasteiger partial charge in [-0.15, -0.1) is 0 Å². The first kappa shape index (κ1) is 8.95. The zero-order valence-electron chi connectivity index (χ0n) is 6.81. The normalized spacial score (nSPS) is 9.50. The van der Waals surface area contributed by atoms with Crippen LogP contribution in [0.3, 0.4) is 0 Å². The fourth-order valence-electron chi connectivity index (χ4n) is 0.541. The van der Waals surface area contributed by atoms with E-state index in [1.54, 1.807) is 19.5 Å². The Morgan fingerprint density at radius 3 is 2.40 bits per heavy atom. The van der Waals surface area contributed by atoms with Crippen LogP contribution in [-0.4, -0.2) is 13.4 Å². The highest BCUT2D eigenvalue weighted by molar-refractivity contribution is 5.58. The maximum atomic E-state index is 3.79. The molecule has 0 aliphatic carbocycles. The van der Waals surface area contributed by atoms with Crippen LogP contribution in [0.15, 0.2) is 28.9 Å². The highest BCUT2D eigenvalue weighted by Gasteiger charge is 1.87. The van der Waals surface area contributed by atoms with Gasteiger partial charge in [0.1, 0.15) is 0 Å². The molecular formula is C8H14N2. The van der Waals surface area contributed by atoms with Crippen molar-refractivity contribution in [2.24, 2.45) is 4.99 Å². The molecule has 0 aliphatic rings. The van der Waals surface area contributed by atoms with E-state index >= 15 is 0 Å². The second-order valence-corrected chi connectivity index (χ2v) is 2.15. The van der Waals surface area contributed by atoms with Crippen molar-refractivity contribution in [3.8, 4) is 0 Å². The van der Waals surface area contributed by atoms with E-state index in [1.165, 1.54) is 5.57 Å². The molecule has 0 heterocycles. The Bertz CT molecular complexity index is 162. The van der Waals surface area contributed by atoms with Crippen LogP contribution in [0.1, 0.15) is 13.8 Å². The molecule has 0 amide bonds. The van der Waals surface area contributed by atoms with Gasteiger partial charge >= 0.3 is 0 Å². The predicted octanol–water partition coefficient (Wildman–Crippen LogP) is 1.71. The molecule has 0 spiro atoms. The van der Waals surface area contributed by atoms with Crippen molar-refractivity contribution in [3.63, 3.8) is 0 Å². The maximum Gasteiger partial charge on any atom is 0.0864 e. The van der Waals surface area contributed by atoms with E-state index < -0.39 is 0 Å². The predicted molar refractivity (Wildman–Crippen MR) is 46.1 cm³/mol. The number of allylic oxidation sites excluding steroid dienone is 2. The Morgan fingerprint density at radius 1 is 1.50 bits per heavy atom. The summed E-state index contributed by atoms with van der Waals surface area (Å²) in [5.74, 6) is 0. The summed E-state index contributed by atoms with van der Waals surface area (Å²) < 4.78 is 0. The summed E-state index contributed by atoms with van der Waals surface area (Å²) in [5.41, 5.74) is 2.22. The van der Waals surface area contributed by atoms with E-state index in [0.717, 1.165) is 5.70 Å². The molecule has 0 aromatic rings. The van der Waals surface area contributed by atoms with Gasteiger partial charge < -0.3 is 5.32 Å². The number of aliphatic imine (C=N–C) groups is 1. The highest BCUT2D eigenvalue weighted by atomic mass is 14.9. The second kappa shape index (κ2) is 4.79. The van der Waals surface area contributed by atoms with E-state index in [9.17, 15) is 0 Å². The smallest absolute Gasteiger partial charge is 0.0864 e. The van der Waals surface area contributed by atoms with Gasteiger partial charge in [0.05, 0.1) is 6.34 Å². The lowest BCUT2D eigenvalue weighted by Crippen LogP contribution is -2.09. The van der Waals surface area contributed by atoms with E-state index in [4.69, 9.17) is 0 Å².